The van der Waals surface area contributed by atoms with Crippen LogP contribution in [0.5, 0.6) is 0 Å². The molecule has 0 aliphatic rings. The summed E-state index contributed by atoms with van der Waals surface area (Å²) in [4.78, 5) is 4.23. The third kappa shape index (κ3) is 4.76. The van der Waals surface area contributed by atoms with Crippen LogP contribution in [0.2, 0.25) is 0 Å². The van der Waals surface area contributed by atoms with Crippen molar-refractivity contribution in [2.45, 2.75) is 17.5 Å². The van der Waals surface area contributed by atoms with Crippen molar-refractivity contribution < 1.29 is 21.6 Å². The number of sulfonamides is 1. The van der Waals surface area contributed by atoms with Gasteiger partial charge in [-0.15, -0.1) is 0 Å². The quantitative estimate of drug-likeness (QED) is 0.570. The standard InChI is InChI=1S/C17H16F3N3O2S2/c18-17(19,20)12-2-3-14-15(4-8-22-16(14)10-12)21-6-1-7-23-27(24,25)13-5-9-26-11-13/h2-5,8-11,23H,1,6-7H2,(H,21,22). The maximum atomic E-state index is 12.8. The lowest BCUT2D eigenvalue weighted by molar-refractivity contribution is -0.137. The number of nitrogens with one attached hydrogen (secondary N) is 2. The predicted molar refractivity (Wildman–Crippen MR) is 99.4 cm³/mol. The first kappa shape index (κ1) is 19.6. The van der Waals surface area contributed by atoms with Crippen LogP contribution in [0.1, 0.15) is 12.0 Å². The van der Waals surface area contributed by atoms with Crippen LogP contribution in [0, 0.1) is 0 Å². The zero-order valence-corrected chi connectivity index (χ0v) is 15.6. The van der Waals surface area contributed by atoms with Gasteiger partial charge in [-0.25, -0.2) is 13.1 Å². The van der Waals surface area contributed by atoms with Crippen molar-refractivity contribution in [2.24, 2.45) is 0 Å². The van der Waals surface area contributed by atoms with Crippen LogP contribution in [0.25, 0.3) is 10.9 Å². The molecule has 2 heterocycles. The van der Waals surface area contributed by atoms with E-state index in [-0.39, 0.29) is 17.0 Å². The topological polar surface area (TPSA) is 71.1 Å². The third-order valence-corrected chi connectivity index (χ3v) is 6.13. The number of hydrogen-bond acceptors (Lipinski definition) is 5. The normalized spacial score (nSPS) is 12.4. The van der Waals surface area contributed by atoms with Gasteiger partial charge in [0.15, 0.2) is 0 Å². The SMILES string of the molecule is O=S(=O)(NCCCNc1ccnc2cc(C(F)(F)F)ccc12)c1ccsc1. The maximum absolute atomic E-state index is 12.8. The smallest absolute Gasteiger partial charge is 0.384 e. The first-order valence-electron chi connectivity index (χ1n) is 7.99. The van der Waals surface area contributed by atoms with Gasteiger partial charge in [0.05, 0.1) is 16.0 Å². The number of halogens is 3. The number of fused-ring (bicyclic) bond motifs is 1. The Labute approximate surface area is 158 Å². The molecule has 0 saturated carbocycles. The number of anilines is 1. The van der Waals surface area contributed by atoms with E-state index in [1.165, 1.54) is 29.7 Å². The highest BCUT2D eigenvalue weighted by Crippen LogP contribution is 2.32. The van der Waals surface area contributed by atoms with Gasteiger partial charge in [0.2, 0.25) is 10.0 Å². The number of rotatable bonds is 7. The van der Waals surface area contributed by atoms with Crippen molar-refractivity contribution in [2.75, 3.05) is 18.4 Å². The maximum Gasteiger partial charge on any atom is 0.416 e. The molecule has 0 aliphatic carbocycles. The van der Waals surface area contributed by atoms with E-state index in [1.54, 1.807) is 16.8 Å². The van der Waals surface area contributed by atoms with Gasteiger partial charge in [-0.1, -0.05) is 6.07 Å². The number of alkyl halides is 3. The lowest BCUT2D eigenvalue weighted by atomic mass is 10.1. The minimum atomic E-state index is -4.42. The van der Waals surface area contributed by atoms with Crippen LogP contribution in [0.4, 0.5) is 18.9 Å². The molecule has 0 atom stereocenters. The molecule has 144 valence electrons. The highest BCUT2D eigenvalue weighted by atomic mass is 32.2. The molecule has 1 aromatic carbocycles. The van der Waals surface area contributed by atoms with Gasteiger partial charge in [-0.05, 0) is 36.1 Å². The molecule has 0 fully saturated rings. The van der Waals surface area contributed by atoms with E-state index in [0.29, 0.717) is 24.0 Å². The fourth-order valence-electron chi connectivity index (χ4n) is 2.48. The van der Waals surface area contributed by atoms with Crippen molar-refractivity contribution in [1.82, 2.24) is 9.71 Å². The largest absolute Gasteiger partial charge is 0.416 e. The molecule has 0 saturated heterocycles. The summed E-state index contributed by atoms with van der Waals surface area (Å²) < 4.78 is 64.9. The monoisotopic (exact) mass is 415 g/mol. The summed E-state index contributed by atoms with van der Waals surface area (Å²) in [7, 11) is -3.50. The molecular weight excluding hydrogens is 399 g/mol. The van der Waals surface area contributed by atoms with E-state index in [2.05, 4.69) is 15.0 Å². The van der Waals surface area contributed by atoms with Gasteiger partial charge in [0, 0.05) is 35.7 Å². The number of pyridine rings is 1. The van der Waals surface area contributed by atoms with E-state index in [4.69, 9.17) is 0 Å². The van der Waals surface area contributed by atoms with E-state index < -0.39 is 21.8 Å². The second-order valence-corrected chi connectivity index (χ2v) is 8.27. The number of thiophene rings is 1. The summed E-state index contributed by atoms with van der Waals surface area (Å²) in [6, 6.07) is 6.61. The Morgan fingerprint density at radius 1 is 1.11 bits per heavy atom. The Morgan fingerprint density at radius 2 is 1.93 bits per heavy atom. The van der Waals surface area contributed by atoms with Crippen molar-refractivity contribution in [3.63, 3.8) is 0 Å². The molecule has 27 heavy (non-hydrogen) atoms. The molecule has 0 aliphatic heterocycles. The molecule has 0 amide bonds. The van der Waals surface area contributed by atoms with Crippen LogP contribution < -0.4 is 10.0 Å². The first-order valence-corrected chi connectivity index (χ1v) is 10.4. The Kier molecular flexibility index (Phi) is 5.68. The molecule has 5 nitrogen and oxygen atoms in total. The molecule has 3 aromatic rings. The van der Waals surface area contributed by atoms with Crippen molar-refractivity contribution in [3.8, 4) is 0 Å². The van der Waals surface area contributed by atoms with Crippen molar-refractivity contribution in [3.05, 3.63) is 52.9 Å². The second-order valence-electron chi connectivity index (χ2n) is 5.73. The minimum absolute atomic E-state index is 0.237. The summed E-state index contributed by atoms with van der Waals surface area (Å²) in [6.07, 6.45) is -2.48. The molecule has 10 heteroatoms. The van der Waals surface area contributed by atoms with Gasteiger partial charge in [0.25, 0.3) is 0 Å². The number of nitrogens with zero attached hydrogens (tertiary/aromatic N) is 1. The van der Waals surface area contributed by atoms with E-state index in [9.17, 15) is 21.6 Å². The van der Waals surface area contributed by atoms with Crippen LogP contribution in [0.3, 0.4) is 0 Å². The lowest BCUT2D eigenvalue weighted by Gasteiger charge is -2.12. The summed E-state index contributed by atoms with van der Waals surface area (Å²) in [5.41, 5.74) is 0.143. The van der Waals surface area contributed by atoms with Crippen LogP contribution in [0.15, 0.2) is 52.2 Å². The van der Waals surface area contributed by atoms with Crippen LogP contribution in [-0.4, -0.2) is 26.5 Å². The fraction of sp³-hybridized carbons (Fsp3) is 0.235. The average Bonchev–Trinajstić information content (AvgIpc) is 3.16. The summed E-state index contributed by atoms with van der Waals surface area (Å²) in [5.74, 6) is 0. The molecule has 0 radical (unpaired) electrons. The van der Waals surface area contributed by atoms with E-state index >= 15 is 0 Å². The molecule has 2 aromatic heterocycles. The highest BCUT2D eigenvalue weighted by molar-refractivity contribution is 7.89. The lowest BCUT2D eigenvalue weighted by Crippen LogP contribution is -2.25. The first-order chi connectivity index (χ1) is 12.8. The van der Waals surface area contributed by atoms with Crippen LogP contribution in [-0.2, 0) is 16.2 Å². The minimum Gasteiger partial charge on any atom is -0.384 e. The van der Waals surface area contributed by atoms with Crippen LogP contribution >= 0.6 is 11.3 Å². The van der Waals surface area contributed by atoms with Crippen molar-refractivity contribution in [1.29, 1.82) is 0 Å². The van der Waals surface area contributed by atoms with E-state index in [0.717, 1.165) is 12.1 Å². The molecule has 2 N–H and O–H groups in total. The Morgan fingerprint density at radius 3 is 2.63 bits per heavy atom. The average molecular weight is 415 g/mol. The van der Waals surface area contributed by atoms with Gasteiger partial charge in [0.1, 0.15) is 0 Å². The second kappa shape index (κ2) is 7.83. The molecule has 3 rings (SSSR count). The predicted octanol–water partition coefficient (Wildman–Crippen LogP) is 4.10. The summed E-state index contributed by atoms with van der Waals surface area (Å²) in [6.45, 7) is 0.693. The molecule has 0 spiro atoms. The Balaban J connectivity index is 1.59. The molecule has 0 unspecified atom stereocenters. The van der Waals surface area contributed by atoms with Gasteiger partial charge < -0.3 is 5.32 Å². The molecular formula is C17H16F3N3O2S2. The Bertz CT molecular complexity index is 1020. The number of benzene rings is 1. The number of aromatic nitrogens is 1. The van der Waals surface area contributed by atoms with E-state index in [1.807, 2.05) is 0 Å². The van der Waals surface area contributed by atoms with Gasteiger partial charge in [-0.3, -0.25) is 4.98 Å². The van der Waals surface area contributed by atoms with Gasteiger partial charge in [-0.2, -0.15) is 24.5 Å². The third-order valence-electron chi connectivity index (χ3n) is 3.84. The highest BCUT2D eigenvalue weighted by Gasteiger charge is 2.30. The van der Waals surface area contributed by atoms with Crippen molar-refractivity contribution >= 4 is 38.0 Å². The zero-order chi connectivity index (χ0) is 19.5. The Hall–Kier alpha value is -2.17. The molecule has 0 bridgehead atoms. The summed E-state index contributed by atoms with van der Waals surface area (Å²) >= 11 is 1.30. The van der Waals surface area contributed by atoms with Gasteiger partial charge >= 0.3 is 6.18 Å². The fourth-order valence-corrected chi connectivity index (χ4v) is 4.59. The number of hydrogen-bond donors (Lipinski definition) is 2. The zero-order valence-electron chi connectivity index (χ0n) is 14.0. The summed E-state index contributed by atoms with van der Waals surface area (Å²) in [5, 5.41) is 6.93.